The molecule has 112 valence electrons. The number of hydrogen-bond donors (Lipinski definition) is 2. The average Bonchev–Trinajstić information content (AvgIpc) is 2.47. The summed E-state index contributed by atoms with van der Waals surface area (Å²) < 4.78 is 27.5. The molecule has 0 radical (unpaired) electrons. The van der Waals surface area contributed by atoms with Crippen molar-refractivity contribution in [3.63, 3.8) is 0 Å². The van der Waals surface area contributed by atoms with Gasteiger partial charge in [-0.3, -0.25) is 4.72 Å². The SMILES string of the molecule is CCc1ccc(S(=O)(=O)Nc2ccccc2CC)cc1N. The summed E-state index contributed by atoms with van der Waals surface area (Å²) in [7, 11) is -3.62. The fraction of sp³-hybridized carbons (Fsp3) is 0.250. The van der Waals surface area contributed by atoms with Crippen LogP contribution in [0.2, 0.25) is 0 Å². The lowest BCUT2D eigenvalue weighted by Crippen LogP contribution is -2.14. The largest absolute Gasteiger partial charge is 0.398 e. The predicted molar refractivity (Wildman–Crippen MR) is 86.9 cm³/mol. The topological polar surface area (TPSA) is 72.2 Å². The summed E-state index contributed by atoms with van der Waals surface area (Å²) in [6, 6.07) is 12.2. The van der Waals surface area contributed by atoms with E-state index in [4.69, 9.17) is 5.73 Å². The lowest BCUT2D eigenvalue weighted by atomic mass is 10.1. The number of sulfonamides is 1. The molecule has 0 aromatic heterocycles. The molecule has 5 heteroatoms. The van der Waals surface area contributed by atoms with Crippen molar-refractivity contribution in [1.82, 2.24) is 0 Å². The maximum absolute atomic E-state index is 12.5. The normalized spacial score (nSPS) is 11.3. The first-order valence-corrected chi connectivity index (χ1v) is 8.45. The van der Waals surface area contributed by atoms with Crippen molar-refractivity contribution in [2.24, 2.45) is 0 Å². The van der Waals surface area contributed by atoms with E-state index in [0.717, 1.165) is 24.0 Å². The number of nitrogens with two attached hydrogens (primary N) is 1. The third-order valence-corrected chi connectivity index (χ3v) is 4.81. The van der Waals surface area contributed by atoms with Crippen molar-refractivity contribution in [1.29, 1.82) is 0 Å². The van der Waals surface area contributed by atoms with Crippen LogP contribution in [0.25, 0.3) is 0 Å². The summed E-state index contributed by atoms with van der Waals surface area (Å²) in [5.74, 6) is 0. The first-order valence-electron chi connectivity index (χ1n) is 6.97. The van der Waals surface area contributed by atoms with Crippen LogP contribution < -0.4 is 10.5 Å². The predicted octanol–water partition coefficient (Wildman–Crippen LogP) is 3.19. The van der Waals surface area contributed by atoms with Crippen LogP contribution in [0.15, 0.2) is 47.4 Å². The Morgan fingerprint density at radius 2 is 1.67 bits per heavy atom. The monoisotopic (exact) mass is 304 g/mol. The van der Waals surface area contributed by atoms with E-state index in [1.165, 1.54) is 6.07 Å². The molecule has 0 heterocycles. The van der Waals surface area contributed by atoms with Crippen molar-refractivity contribution >= 4 is 21.4 Å². The number of rotatable bonds is 5. The quantitative estimate of drug-likeness (QED) is 0.833. The summed E-state index contributed by atoms with van der Waals surface area (Å²) in [5.41, 5.74) is 8.90. The number of aryl methyl sites for hydroxylation is 2. The molecule has 4 nitrogen and oxygen atoms in total. The molecule has 0 spiro atoms. The maximum atomic E-state index is 12.5. The van der Waals surface area contributed by atoms with Crippen LogP contribution in [0.1, 0.15) is 25.0 Å². The van der Waals surface area contributed by atoms with Crippen molar-refractivity contribution in [2.45, 2.75) is 31.6 Å². The van der Waals surface area contributed by atoms with E-state index in [2.05, 4.69) is 4.72 Å². The number of para-hydroxylation sites is 1. The molecule has 3 N–H and O–H groups in total. The second kappa shape index (κ2) is 6.18. The van der Waals surface area contributed by atoms with Gasteiger partial charge in [-0.15, -0.1) is 0 Å². The molecule has 0 fully saturated rings. The smallest absolute Gasteiger partial charge is 0.261 e. The van der Waals surface area contributed by atoms with Crippen LogP contribution in [-0.4, -0.2) is 8.42 Å². The van der Waals surface area contributed by atoms with Gasteiger partial charge < -0.3 is 5.73 Å². The van der Waals surface area contributed by atoms with Gasteiger partial charge in [-0.1, -0.05) is 38.1 Å². The van der Waals surface area contributed by atoms with Gasteiger partial charge in [-0.2, -0.15) is 0 Å². The highest BCUT2D eigenvalue weighted by molar-refractivity contribution is 7.92. The zero-order chi connectivity index (χ0) is 15.5. The Bertz CT molecular complexity index is 740. The first kappa shape index (κ1) is 15.4. The third kappa shape index (κ3) is 3.36. The van der Waals surface area contributed by atoms with E-state index in [9.17, 15) is 8.42 Å². The Morgan fingerprint density at radius 3 is 2.29 bits per heavy atom. The zero-order valence-electron chi connectivity index (χ0n) is 12.3. The maximum Gasteiger partial charge on any atom is 0.261 e. The molecule has 0 aliphatic heterocycles. The molecule has 0 aliphatic rings. The molecule has 0 bridgehead atoms. The highest BCUT2D eigenvalue weighted by Gasteiger charge is 2.16. The third-order valence-electron chi connectivity index (χ3n) is 3.45. The second-order valence-corrected chi connectivity index (χ2v) is 6.51. The Hall–Kier alpha value is -2.01. The lowest BCUT2D eigenvalue weighted by molar-refractivity contribution is 0.601. The van der Waals surface area contributed by atoms with E-state index in [0.29, 0.717) is 11.4 Å². The molecular weight excluding hydrogens is 284 g/mol. The molecule has 2 aromatic carbocycles. The first-order chi connectivity index (χ1) is 9.97. The number of nitrogen functional groups attached to an aromatic ring is 1. The van der Waals surface area contributed by atoms with Crippen LogP contribution in [0.5, 0.6) is 0 Å². The lowest BCUT2D eigenvalue weighted by Gasteiger charge is -2.12. The van der Waals surface area contributed by atoms with Gasteiger partial charge in [0.1, 0.15) is 0 Å². The fourth-order valence-corrected chi connectivity index (χ4v) is 3.33. The van der Waals surface area contributed by atoms with Crippen molar-refractivity contribution in [3.05, 3.63) is 53.6 Å². The molecular formula is C16H20N2O2S. The minimum Gasteiger partial charge on any atom is -0.398 e. The van der Waals surface area contributed by atoms with Crippen LogP contribution >= 0.6 is 0 Å². The molecule has 0 saturated carbocycles. The van der Waals surface area contributed by atoms with Gasteiger partial charge in [0.25, 0.3) is 10.0 Å². The highest BCUT2D eigenvalue weighted by atomic mass is 32.2. The minimum atomic E-state index is -3.62. The van der Waals surface area contributed by atoms with E-state index >= 15 is 0 Å². The van der Waals surface area contributed by atoms with E-state index in [-0.39, 0.29) is 4.90 Å². The van der Waals surface area contributed by atoms with Gasteiger partial charge in [0.2, 0.25) is 0 Å². The molecule has 0 aliphatic carbocycles. The Morgan fingerprint density at radius 1 is 1.00 bits per heavy atom. The van der Waals surface area contributed by atoms with Crippen LogP contribution in [0.3, 0.4) is 0 Å². The Balaban J connectivity index is 2.36. The number of benzene rings is 2. The number of hydrogen-bond acceptors (Lipinski definition) is 3. The van der Waals surface area contributed by atoms with Crippen LogP contribution in [0.4, 0.5) is 11.4 Å². The molecule has 2 aromatic rings. The van der Waals surface area contributed by atoms with Gasteiger partial charge in [0, 0.05) is 5.69 Å². The van der Waals surface area contributed by atoms with Crippen molar-refractivity contribution < 1.29 is 8.42 Å². The van der Waals surface area contributed by atoms with Crippen molar-refractivity contribution in [3.8, 4) is 0 Å². The highest BCUT2D eigenvalue weighted by Crippen LogP contribution is 2.23. The van der Waals surface area contributed by atoms with Gasteiger partial charge >= 0.3 is 0 Å². The number of anilines is 2. The fourth-order valence-electron chi connectivity index (χ4n) is 2.19. The Labute approximate surface area is 126 Å². The van der Waals surface area contributed by atoms with Gasteiger partial charge in [0.05, 0.1) is 10.6 Å². The summed E-state index contributed by atoms with van der Waals surface area (Å²) in [6.07, 6.45) is 1.54. The van der Waals surface area contributed by atoms with Crippen LogP contribution in [-0.2, 0) is 22.9 Å². The molecule has 0 atom stereocenters. The van der Waals surface area contributed by atoms with E-state index in [1.807, 2.05) is 32.0 Å². The van der Waals surface area contributed by atoms with Crippen molar-refractivity contribution in [2.75, 3.05) is 10.5 Å². The Kier molecular flexibility index (Phi) is 4.53. The van der Waals surface area contributed by atoms with Gasteiger partial charge in [0.15, 0.2) is 0 Å². The standard InChI is InChI=1S/C16H20N2O2S/c1-3-12-9-10-14(11-15(12)17)21(19,20)18-16-8-6-5-7-13(16)4-2/h5-11,18H,3-4,17H2,1-2H3. The molecule has 0 amide bonds. The van der Waals surface area contributed by atoms with Gasteiger partial charge in [-0.25, -0.2) is 8.42 Å². The molecule has 2 rings (SSSR count). The summed E-state index contributed by atoms with van der Waals surface area (Å²) in [5, 5.41) is 0. The minimum absolute atomic E-state index is 0.183. The second-order valence-electron chi connectivity index (χ2n) is 4.83. The van der Waals surface area contributed by atoms with E-state index < -0.39 is 10.0 Å². The van der Waals surface area contributed by atoms with Crippen LogP contribution in [0, 0.1) is 0 Å². The summed E-state index contributed by atoms with van der Waals surface area (Å²) in [6.45, 7) is 3.97. The van der Waals surface area contributed by atoms with E-state index in [1.54, 1.807) is 18.2 Å². The zero-order valence-corrected chi connectivity index (χ0v) is 13.1. The average molecular weight is 304 g/mol. The number of nitrogens with one attached hydrogen (secondary N) is 1. The summed E-state index contributed by atoms with van der Waals surface area (Å²) in [4.78, 5) is 0.183. The molecule has 21 heavy (non-hydrogen) atoms. The summed E-state index contributed by atoms with van der Waals surface area (Å²) >= 11 is 0. The molecule has 0 saturated heterocycles. The molecule has 0 unspecified atom stereocenters. The van der Waals surface area contributed by atoms with Gasteiger partial charge in [-0.05, 0) is 42.2 Å².